The molecule has 6 heteroatoms. The van der Waals surface area contributed by atoms with Crippen LogP contribution in [0.25, 0.3) is 0 Å². The van der Waals surface area contributed by atoms with Crippen molar-refractivity contribution in [1.29, 1.82) is 0 Å². The summed E-state index contributed by atoms with van der Waals surface area (Å²) in [6, 6.07) is 4.46. The van der Waals surface area contributed by atoms with Crippen molar-refractivity contribution >= 4 is 23.1 Å². The minimum absolute atomic E-state index is 0.0218. The number of nitrogens with one attached hydrogen (secondary N) is 1. The molecular weight excluding hydrogens is 245 g/mol. The predicted molar refractivity (Wildman–Crippen MR) is 67.1 cm³/mol. The van der Waals surface area contributed by atoms with Crippen molar-refractivity contribution in [2.75, 3.05) is 5.32 Å². The van der Waals surface area contributed by atoms with E-state index in [-0.39, 0.29) is 16.9 Å². The maximum absolute atomic E-state index is 13.2. The molecule has 0 radical (unpaired) electrons. The van der Waals surface area contributed by atoms with Crippen LogP contribution >= 0.6 is 11.6 Å². The number of amidine groups is 1. The lowest BCUT2D eigenvalue weighted by atomic mass is 10.1. The quantitative estimate of drug-likeness (QED) is 0.330. The number of rotatable bonds is 5. The van der Waals surface area contributed by atoms with Crippen LogP contribution in [0.2, 0.25) is 5.02 Å². The summed E-state index contributed by atoms with van der Waals surface area (Å²) in [7, 11) is 0. The van der Waals surface area contributed by atoms with Crippen molar-refractivity contribution in [3.8, 4) is 0 Å². The van der Waals surface area contributed by atoms with Crippen molar-refractivity contribution in [3.63, 3.8) is 0 Å². The molecular formula is C11H15ClFN3O. The fraction of sp³-hybridized carbons (Fsp3) is 0.364. The van der Waals surface area contributed by atoms with E-state index in [9.17, 15) is 4.39 Å². The van der Waals surface area contributed by atoms with Gasteiger partial charge in [-0.15, -0.1) is 0 Å². The second-order valence-corrected chi connectivity index (χ2v) is 4.08. The topological polar surface area (TPSA) is 70.6 Å². The third kappa shape index (κ3) is 4.11. The highest BCUT2D eigenvalue weighted by Crippen LogP contribution is 2.20. The zero-order valence-electron chi connectivity index (χ0n) is 9.45. The summed E-state index contributed by atoms with van der Waals surface area (Å²) in [6.07, 6.45) is 1.15. The van der Waals surface area contributed by atoms with Gasteiger partial charge in [0.25, 0.3) is 0 Å². The van der Waals surface area contributed by atoms with Gasteiger partial charge in [-0.25, -0.2) is 4.39 Å². The summed E-state index contributed by atoms with van der Waals surface area (Å²) < 4.78 is 13.2. The monoisotopic (exact) mass is 259 g/mol. The number of hydrogen-bond donors (Lipinski definition) is 3. The van der Waals surface area contributed by atoms with Gasteiger partial charge in [0.05, 0.1) is 5.02 Å². The van der Waals surface area contributed by atoms with E-state index in [1.54, 1.807) is 6.07 Å². The highest BCUT2D eigenvalue weighted by molar-refractivity contribution is 6.30. The van der Waals surface area contributed by atoms with Crippen molar-refractivity contribution in [1.82, 2.24) is 0 Å². The van der Waals surface area contributed by atoms with Crippen LogP contribution < -0.4 is 11.1 Å². The van der Waals surface area contributed by atoms with Crippen molar-refractivity contribution < 1.29 is 9.60 Å². The standard InChI is InChI=1S/C11H15ClFN3O/c1-2-7(6-11(14)16-17)15-8-3-4-9(12)10(13)5-8/h3-5,7,15,17H,2,6H2,1H3,(H2,14,16). The van der Waals surface area contributed by atoms with Gasteiger partial charge in [-0.3, -0.25) is 0 Å². The normalized spacial score (nSPS) is 13.5. The molecule has 94 valence electrons. The summed E-state index contributed by atoms with van der Waals surface area (Å²) in [5.41, 5.74) is 6.04. The van der Waals surface area contributed by atoms with Crippen molar-refractivity contribution in [3.05, 3.63) is 29.0 Å². The molecule has 4 nitrogen and oxygen atoms in total. The molecule has 1 unspecified atom stereocenters. The molecule has 0 heterocycles. The SMILES string of the molecule is CCC(CC(N)=NO)Nc1ccc(Cl)c(F)c1. The Balaban J connectivity index is 2.70. The molecule has 0 amide bonds. The average molecular weight is 260 g/mol. The molecule has 4 N–H and O–H groups in total. The van der Waals surface area contributed by atoms with Crippen LogP contribution in [0, 0.1) is 5.82 Å². The number of halogens is 2. The predicted octanol–water partition coefficient (Wildman–Crippen LogP) is 2.81. The van der Waals surface area contributed by atoms with Crippen LogP contribution in [0.3, 0.4) is 0 Å². The molecule has 1 aromatic rings. The Kier molecular flexibility index (Phi) is 5.03. The van der Waals surface area contributed by atoms with Crippen molar-refractivity contribution in [2.45, 2.75) is 25.8 Å². The van der Waals surface area contributed by atoms with Gasteiger partial charge in [0.1, 0.15) is 11.7 Å². The molecule has 0 spiro atoms. The summed E-state index contributed by atoms with van der Waals surface area (Å²) >= 11 is 5.58. The fourth-order valence-electron chi connectivity index (χ4n) is 1.41. The Labute approximate surface area is 104 Å². The van der Waals surface area contributed by atoms with E-state index in [1.165, 1.54) is 12.1 Å². The van der Waals surface area contributed by atoms with Gasteiger partial charge < -0.3 is 16.3 Å². The minimum Gasteiger partial charge on any atom is -0.409 e. The van der Waals surface area contributed by atoms with E-state index < -0.39 is 5.82 Å². The van der Waals surface area contributed by atoms with Gasteiger partial charge >= 0.3 is 0 Å². The summed E-state index contributed by atoms with van der Waals surface area (Å²) in [5.74, 6) is -0.339. The molecule has 0 saturated heterocycles. The zero-order valence-corrected chi connectivity index (χ0v) is 10.2. The second-order valence-electron chi connectivity index (χ2n) is 3.67. The van der Waals surface area contributed by atoms with Crippen LogP contribution in [-0.4, -0.2) is 17.1 Å². The molecule has 0 bridgehead atoms. The van der Waals surface area contributed by atoms with Gasteiger partial charge in [-0.2, -0.15) is 0 Å². The molecule has 17 heavy (non-hydrogen) atoms. The molecule has 0 saturated carbocycles. The first-order valence-electron chi connectivity index (χ1n) is 5.24. The lowest BCUT2D eigenvalue weighted by molar-refractivity contribution is 0.316. The second kappa shape index (κ2) is 6.30. The Hall–Kier alpha value is -1.49. The fourth-order valence-corrected chi connectivity index (χ4v) is 1.53. The maximum Gasteiger partial charge on any atom is 0.143 e. The third-order valence-corrected chi connectivity index (χ3v) is 2.67. The summed E-state index contributed by atoms with van der Waals surface area (Å²) in [4.78, 5) is 0. The highest BCUT2D eigenvalue weighted by Gasteiger charge is 2.10. The largest absolute Gasteiger partial charge is 0.409 e. The van der Waals surface area contributed by atoms with Gasteiger partial charge in [-0.1, -0.05) is 23.7 Å². The van der Waals surface area contributed by atoms with E-state index in [2.05, 4.69) is 10.5 Å². The lowest BCUT2D eigenvalue weighted by Gasteiger charge is -2.17. The molecule has 0 aliphatic rings. The van der Waals surface area contributed by atoms with Crippen LogP contribution in [0.5, 0.6) is 0 Å². The van der Waals surface area contributed by atoms with Crippen molar-refractivity contribution in [2.24, 2.45) is 10.9 Å². The molecule has 0 aromatic heterocycles. The minimum atomic E-state index is -0.477. The Morgan fingerprint density at radius 2 is 2.35 bits per heavy atom. The average Bonchev–Trinajstić information content (AvgIpc) is 2.32. The van der Waals surface area contributed by atoms with Crippen LogP contribution in [-0.2, 0) is 0 Å². The van der Waals surface area contributed by atoms with E-state index >= 15 is 0 Å². The first-order valence-corrected chi connectivity index (χ1v) is 5.62. The number of anilines is 1. The first kappa shape index (κ1) is 13.6. The van der Waals surface area contributed by atoms with Gasteiger partial charge in [0.2, 0.25) is 0 Å². The number of oxime groups is 1. The van der Waals surface area contributed by atoms with Crippen LogP contribution in [0.15, 0.2) is 23.4 Å². The molecule has 1 aromatic carbocycles. The Bertz CT molecular complexity index is 412. The summed E-state index contributed by atoms with van der Waals surface area (Å²) in [6.45, 7) is 1.95. The van der Waals surface area contributed by atoms with Gasteiger partial charge in [0, 0.05) is 18.2 Å². The van der Waals surface area contributed by atoms with Gasteiger partial charge in [-0.05, 0) is 24.6 Å². The van der Waals surface area contributed by atoms with E-state index in [0.29, 0.717) is 12.1 Å². The summed E-state index contributed by atoms with van der Waals surface area (Å²) in [5, 5.41) is 14.6. The highest BCUT2D eigenvalue weighted by atomic mass is 35.5. The zero-order chi connectivity index (χ0) is 12.8. The number of benzene rings is 1. The first-order chi connectivity index (χ1) is 8.06. The molecule has 1 atom stereocenters. The maximum atomic E-state index is 13.2. The van der Waals surface area contributed by atoms with E-state index in [1.807, 2.05) is 6.92 Å². The number of nitrogens with zero attached hydrogens (tertiary/aromatic N) is 1. The van der Waals surface area contributed by atoms with E-state index in [0.717, 1.165) is 6.42 Å². The molecule has 0 fully saturated rings. The molecule has 0 aliphatic heterocycles. The number of hydrogen-bond acceptors (Lipinski definition) is 3. The van der Waals surface area contributed by atoms with E-state index in [4.69, 9.17) is 22.5 Å². The van der Waals surface area contributed by atoms with Gasteiger partial charge in [0.15, 0.2) is 0 Å². The lowest BCUT2D eigenvalue weighted by Crippen LogP contribution is -2.26. The molecule has 0 aliphatic carbocycles. The van der Waals surface area contributed by atoms with Crippen LogP contribution in [0.4, 0.5) is 10.1 Å². The molecule has 1 rings (SSSR count). The Morgan fingerprint density at radius 1 is 1.65 bits per heavy atom. The number of nitrogens with two attached hydrogens (primary N) is 1. The van der Waals surface area contributed by atoms with Crippen LogP contribution in [0.1, 0.15) is 19.8 Å². The Morgan fingerprint density at radius 3 is 2.88 bits per heavy atom. The third-order valence-electron chi connectivity index (χ3n) is 2.37. The smallest absolute Gasteiger partial charge is 0.143 e.